The van der Waals surface area contributed by atoms with Crippen molar-refractivity contribution in [2.75, 3.05) is 11.9 Å². The number of carbonyl (C=O) groups is 1. The summed E-state index contributed by atoms with van der Waals surface area (Å²) in [6, 6.07) is 20.2. The number of anilines is 1. The molecule has 8 heteroatoms. The third-order valence-corrected chi connectivity index (χ3v) is 4.94. The third-order valence-electron chi connectivity index (χ3n) is 4.70. The quantitative estimate of drug-likeness (QED) is 0.363. The highest BCUT2D eigenvalue weighted by atomic mass is 35.5. The van der Waals surface area contributed by atoms with Gasteiger partial charge in [0, 0.05) is 16.3 Å². The number of carbonyl (C=O) groups excluding carboxylic acids is 1. The Kier molecular flexibility index (Phi) is 6.70. The van der Waals surface area contributed by atoms with Crippen LogP contribution in [0.25, 0.3) is 17.1 Å². The molecular formula is C25H22ClFN4O2. The van der Waals surface area contributed by atoms with Crippen molar-refractivity contribution in [1.82, 2.24) is 14.8 Å². The molecule has 6 nitrogen and oxygen atoms in total. The fraction of sp³-hybridized carbons (Fsp3) is 0.160. The van der Waals surface area contributed by atoms with Gasteiger partial charge in [-0.25, -0.2) is 9.07 Å². The minimum atomic E-state index is -0.410. The predicted octanol–water partition coefficient (Wildman–Crippen LogP) is 6.01. The lowest BCUT2D eigenvalue weighted by Crippen LogP contribution is -2.11. The summed E-state index contributed by atoms with van der Waals surface area (Å²) >= 11 is 5.97. The number of hydrogen-bond donors (Lipinski definition) is 1. The van der Waals surface area contributed by atoms with Gasteiger partial charge in [0.05, 0.1) is 17.9 Å². The van der Waals surface area contributed by atoms with E-state index in [0.29, 0.717) is 40.0 Å². The molecule has 0 aliphatic rings. The summed E-state index contributed by atoms with van der Waals surface area (Å²) in [5.74, 6) is -0.0757. The molecule has 0 saturated heterocycles. The molecule has 0 saturated carbocycles. The Bertz CT molecular complexity index is 1270. The second-order valence-corrected chi connectivity index (χ2v) is 8.26. The van der Waals surface area contributed by atoms with Gasteiger partial charge in [0.15, 0.2) is 5.82 Å². The predicted molar refractivity (Wildman–Crippen MR) is 126 cm³/mol. The molecule has 0 spiro atoms. The smallest absolute Gasteiger partial charge is 0.336 e. The average Bonchev–Trinajstić information content (AvgIpc) is 3.22. The lowest BCUT2D eigenvalue weighted by atomic mass is 10.2. The highest BCUT2D eigenvalue weighted by molar-refractivity contribution is 6.31. The van der Waals surface area contributed by atoms with Crippen LogP contribution in [0, 0.1) is 11.7 Å². The highest BCUT2D eigenvalue weighted by Crippen LogP contribution is 2.26. The number of nitrogens with one attached hydrogen (secondary N) is 1. The fourth-order valence-electron chi connectivity index (χ4n) is 3.11. The number of rotatable bonds is 7. The summed E-state index contributed by atoms with van der Waals surface area (Å²) in [5.41, 5.74) is 1.99. The molecule has 0 aliphatic carbocycles. The molecule has 0 unspecified atom stereocenters. The molecule has 0 bridgehead atoms. The van der Waals surface area contributed by atoms with Gasteiger partial charge < -0.3 is 10.1 Å². The van der Waals surface area contributed by atoms with Gasteiger partial charge in [-0.2, -0.15) is 4.98 Å². The van der Waals surface area contributed by atoms with Crippen molar-refractivity contribution in [1.29, 1.82) is 0 Å². The maximum Gasteiger partial charge on any atom is 0.336 e. The molecule has 1 N–H and O–H groups in total. The number of amides is 1. The minimum absolute atomic E-state index is 0.167. The maximum absolute atomic E-state index is 14.5. The maximum atomic E-state index is 14.5. The zero-order chi connectivity index (χ0) is 23.4. The van der Waals surface area contributed by atoms with Gasteiger partial charge in [0.2, 0.25) is 0 Å². The van der Waals surface area contributed by atoms with E-state index in [0.717, 1.165) is 0 Å². The summed E-state index contributed by atoms with van der Waals surface area (Å²) < 4.78 is 21.7. The number of hydrogen-bond acceptors (Lipinski definition) is 4. The van der Waals surface area contributed by atoms with Crippen LogP contribution in [0.15, 0.2) is 72.8 Å². The summed E-state index contributed by atoms with van der Waals surface area (Å²) in [4.78, 5) is 16.9. The number of halogens is 2. The van der Waals surface area contributed by atoms with Crippen LogP contribution in [0.5, 0.6) is 6.01 Å². The van der Waals surface area contributed by atoms with E-state index < -0.39 is 5.82 Å². The summed E-state index contributed by atoms with van der Waals surface area (Å²) in [6.07, 6.45) is 0. The van der Waals surface area contributed by atoms with Crippen LogP contribution in [0.1, 0.15) is 24.2 Å². The Balaban J connectivity index is 1.62. The molecule has 168 valence electrons. The topological polar surface area (TPSA) is 69.0 Å². The molecular weight excluding hydrogens is 443 g/mol. The van der Waals surface area contributed by atoms with E-state index in [1.807, 2.05) is 13.8 Å². The first-order valence-electron chi connectivity index (χ1n) is 10.4. The summed E-state index contributed by atoms with van der Waals surface area (Å²) in [6.45, 7) is 4.48. The summed E-state index contributed by atoms with van der Waals surface area (Å²) in [7, 11) is 0. The Labute approximate surface area is 196 Å². The first-order chi connectivity index (χ1) is 15.9. The fourth-order valence-corrected chi connectivity index (χ4v) is 3.30. The van der Waals surface area contributed by atoms with Crippen LogP contribution in [0.2, 0.25) is 5.02 Å². The number of ether oxygens (including phenoxy) is 1. The molecule has 1 heterocycles. The van der Waals surface area contributed by atoms with E-state index in [2.05, 4.69) is 15.4 Å². The highest BCUT2D eigenvalue weighted by Gasteiger charge is 2.18. The third kappa shape index (κ3) is 5.38. The van der Waals surface area contributed by atoms with E-state index in [1.165, 1.54) is 10.7 Å². The Morgan fingerprint density at radius 3 is 2.55 bits per heavy atom. The zero-order valence-corrected chi connectivity index (χ0v) is 18.9. The van der Waals surface area contributed by atoms with Crippen molar-refractivity contribution < 1.29 is 13.9 Å². The zero-order valence-electron chi connectivity index (χ0n) is 18.1. The Hall–Kier alpha value is -3.71. The molecule has 0 fully saturated rings. The first kappa shape index (κ1) is 22.5. The van der Waals surface area contributed by atoms with E-state index in [-0.39, 0.29) is 17.8 Å². The lowest BCUT2D eigenvalue weighted by Gasteiger charge is -2.09. The lowest BCUT2D eigenvalue weighted by molar-refractivity contribution is 0.102. The molecule has 0 aliphatic heterocycles. The Morgan fingerprint density at radius 1 is 1.09 bits per heavy atom. The number of benzene rings is 3. The van der Waals surface area contributed by atoms with Crippen LogP contribution in [0.4, 0.5) is 10.1 Å². The molecule has 0 atom stereocenters. The van der Waals surface area contributed by atoms with Gasteiger partial charge in [-0.05, 0) is 60.5 Å². The summed E-state index contributed by atoms with van der Waals surface area (Å²) in [5, 5.41) is 7.75. The molecule has 0 radical (unpaired) electrons. The van der Waals surface area contributed by atoms with Crippen molar-refractivity contribution in [3.05, 3.63) is 89.2 Å². The minimum Gasteiger partial charge on any atom is -0.462 e. The van der Waals surface area contributed by atoms with Gasteiger partial charge in [-0.1, -0.05) is 43.6 Å². The van der Waals surface area contributed by atoms with Gasteiger partial charge in [-0.3, -0.25) is 4.79 Å². The van der Waals surface area contributed by atoms with Crippen LogP contribution in [0.3, 0.4) is 0 Å². The second kappa shape index (κ2) is 9.83. The number of aromatic nitrogens is 3. The van der Waals surface area contributed by atoms with Crippen LogP contribution >= 0.6 is 11.6 Å². The average molecular weight is 465 g/mol. The molecule has 3 aromatic carbocycles. The van der Waals surface area contributed by atoms with Crippen LogP contribution in [-0.4, -0.2) is 27.3 Å². The van der Waals surface area contributed by atoms with Crippen molar-refractivity contribution in [3.8, 4) is 23.1 Å². The molecule has 1 amide bonds. The van der Waals surface area contributed by atoms with Gasteiger partial charge in [0.25, 0.3) is 5.91 Å². The standard InChI is InChI=1S/C25H22ClFN4O2/c1-16(2)15-33-25-29-23(21-8-3-4-9-22(21)27)31(30-25)20-12-10-19(11-13-20)28-24(32)17-6-5-7-18(26)14-17/h3-14,16H,15H2,1-2H3,(H,28,32). The second-order valence-electron chi connectivity index (χ2n) is 7.83. The van der Waals surface area contributed by atoms with Crippen molar-refractivity contribution in [2.45, 2.75) is 13.8 Å². The molecule has 4 rings (SSSR count). The molecule has 33 heavy (non-hydrogen) atoms. The van der Waals surface area contributed by atoms with E-state index in [4.69, 9.17) is 16.3 Å². The van der Waals surface area contributed by atoms with Crippen molar-refractivity contribution in [3.63, 3.8) is 0 Å². The van der Waals surface area contributed by atoms with Crippen LogP contribution < -0.4 is 10.1 Å². The monoisotopic (exact) mass is 464 g/mol. The van der Waals surface area contributed by atoms with Crippen LogP contribution in [-0.2, 0) is 0 Å². The molecule has 4 aromatic rings. The van der Waals surface area contributed by atoms with Gasteiger partial charge >= 0.3 is 6.01 Å². The first-order valence-corrected chi connectivity index (χ1v) is 10.8. The van der Waals surface area contributed by atoms with Gasteiger partial charge in [0.1, 0.15) is 5.82 Å². The van der Waals surface area contributed by atoms with E-state index in [1.54, 1.807) is 66.7 Å². The van der Waals surface area contributed by atoms with Gasteiger partial charge in [-0.15, -0.1) is 5.10 Å². The largest absolute Gasteiger partial charge is 0.462 e. The number of nitrogens with zero attached hydrogens (tertiary/aromatic N) is 3. The van der Waals surface area contributed by atoms with Crippen molar-refractivity contribution >= 4 is 23.2 Å². The SMILES string of the molecule is CC(C)COc1nc(-c2ccccc2F)n(-c2ccc(NC(=O)c3cccc(Cl)c3)cc2)n1. The normalized spacial score (nSPS) is 10.9. The van der Waals surface area contributed by atoms with E-state index >= 15 is 0 Å². The Morgan fingerprint density at radius 2 is 1.85 bits per heavy atom. The van der Waals surface area contributed by atoms with E-state index in [9.17, 15) is 9.18 Å². The van der Waals surface area contributed by atoms with Crippen molar-refractivity contribution in [2.24, 2.45) is 5.92 Å². The molecule has 1 aromatic heterocycles.